The van der Waals surface area contributed by atoms with Gasteiger partial charge < -0.3 is 10.7 Å². The molecule has 0 aliphatic heterocycles. The predicted molar refractivity (Wildman–Crippen MR) is 130 cm³/mol. The van der Waals surface area contributed by atoms with Gasteiger partial charge in [0.15, 0.2) is 5.65 Å². The fraction of sp³-hybridized carbons (Fsp3) is 0.0385. The first-order valence-electron chi connectivity index (χ1n) is 10.4. The second-order valence-electron chi connectivity index (χ2n) is 7.72. The van der Waals surface area contributed by atoms with Gasteiger partial charge in [-0.05, 0) is 36.8 Å². The molecule has 33 heavy (non-hydrogen) atoms. The van der Waals surface area contributed by atoms with Crippen molar-refractivity contribution in [1.29, 1.82) is 0 Å². The zero-order valence-electron chi connectivity index (χ0n) is 17.9. The molecule has 6 nitrogen and oxygen atoms in total. The Kier molecular flexibility index (Phi) is 5.06. The van der Waals surface area contributed by atoms with E-state index in [1.165, 1.54) is 6.07 Å². The first kappa shape index (κ1) is 20.4. The molecule has 0 atom stereocenters. The standard InChI is InChI=1S/C26H21FN6/c1-3-6-19(20-7-4-5-8-23(20)27)21-11-24(31-15(21)2)25-22-10-17(13-30-26(22)33-32-25)16-9-18(28)14-29-12-16/h3-14,31H,1,28H2,2H3,(H,30,32,33)/b19-6-. The van der Waals surface area contributed by atoms with E-state index < -0.39 is 0 Å². The van der Waals surface area contributed by atoms with E-state index in [-0.39, 0.29) is 5.82 Å². The third-order valence-corrected chi connectivity index (χ3v) is 5.53. The third kappa shape index (κ3) is 3.70. The van der Waals surface area contributed by atoms with Crippen molar-refractivity contribution in [2.75, 3.05) is 5.73 Å². The molecule has 0 unspecified atom stereocenters. The fourth-order valence-electron chi connectivity index (χ4n) is 3.97. The van der Waals surface area contributed by atoms with Gasteiger partial charge in [0.25, 0.3) is 0 Å². The molecular weight excluding hydrogens is 415 g/mol. The van der Waals surface area contributed by atoms with Crippen LogP contribution < -0.4 is 5.73 Å². The number of aryl methyl sites for hydroxylation is 1. The minimum Gasteiger partial charge on any atom is -0.397 e. The lowest BCUT2D eigenvalue weighted by Gasteiger charge is -2.08. The summed E-state index contributed by atoms with van der Waals surface area (Å²) in [6.07, 6.45) is 8.57. The van der Waals surface area contributed by atoms with Gasteiger partial charge in [0.2, 0.25) is 0 Å². The lowest BCUT2D eigenvalue weighted by Crippen LogP contribution is -1.92. The lowest BCUT2D eigenvalue weighted by molar-refractivity contribution is 0.624. The molecule has 0 radical (unpaired) electrons. The highest BCUT2D eigenvalue weighted by Gasteiger charge is 2.18. The highest BCUT2D eigenvalue weighted by Crippen LogP contribution is 2.34. The van der Waals surface area contributed by atoms with Crippen molar-refractivity contribution in [3.63, 3.8) is 0 Å². The van der Waals surface area contributed by atoms with E-state index in [4.69, 9.17) is 5.73 Å². The fourth-order valence-corrected chi connectivity index (χ4v) is 3.97. The number of nitrogens with one attached hydrogen (secondary N) is 2. The maximum absolute atomic E-state index is 14.6. The molecule has 5 rings (SSSR count). The summed E-state index contributed by atoms with van der Waals surface area (Å²) in [5.41, 5.74) is 13.5. The number of nitrogen functional groups attached to an aromatic ring is 1. The van der Waals surface area contributed by atoms with E-state index >= 15 is 0 Å². The zero-order chi connectivity index (χ0) is 22.9. The topological polar surface area (TPSA) is 96.3 Å². The van der Waals surface area contributed by atoms with Gasteiger partial charge in [-0.1, -0.05) is 36.9 Å². The number of nitrogens with two attached hydrogens (primary N) is 1. The number of hydrogen-bond donors (Lipinski definition) is 3. The Bertz CT molecular complexity index is 1530. The Balaban J connectivity index is 1.62. The maximum Gasteiger partial charge on any atom is 0.181 e. The number of fused-ring (bicyclic) bond motifs is 1. The van der Waals surface area contributed by atoms with E-state index in [0.29, 0.717) is 16.9 Å². The van der Waals surface area contributed by atoms with E-state index in [9.17, 15) is 4.39 Å². The summed E-state index contributed by atoms with van der Waals surface area (Å²) in [5, 5.41) is 8.29. The van der Waals surface area contributed by atoms with Gasteiger partial charge in [-0.15, -0.1) is 0 Å². The SMILES string of the molecule is C=C/C=C(/c1ccccc1F)c1cc(-c2[nH]nc3ncc(-c4cncc(N)c4)cc23)[nH]c1C. The summed E-state index contributed by atoms with van der Waals surface area (Å²) in [5.74, 6) is -0.288. The average molecular weight is 436 g/mol. The number of halogens is 1. The molecule has 4 aromatic heterocycles. The molecule has 4 N–H and O–H groups in total. The van der Waals surface area contributed by atoms with Crippen LogP contribution in [0.2, 0.25) is 0 Å². The predicted octanol–water partition coefficient (Wildman–Crippen LogP) is 5.66. The zero-order valence-corrected chi connectivity index (χ0v) is 17.9. The van der Waals surface area contributed by atoms with Crippen LogP contribution in [-0.4, -0.2) is 25.1 Å². The van der Waals surface area contributed by atoms with Crippen LogP contribution in [0.15, 0.2) is 79.8 Å². The van der Waals surface area contributed by atoms with E-state index in [1.807, 2.05) is 37.3 Å². The van der Waals surface area contributed by atoms with Crippen molar-refractivity contribution in [1.82, 2.24) is 25.1 Å². The van der Waals surface area contributed by atoms with Gasteiger partial charge in [0.1, 0.15) is 5.82 Å². The Hall–Kier alpha value is -4.52. The van der Waals surface area contributed by atoms with Gasteiger partial charge >= 0.3 is 0 Å². The molecular formula is C26H21FN6. The van der Waals surface area contributed by atoms with Gasteiger partial charge in [-0.3, -0.25) is 10.1 Å². The van der Waals surface area contributed by atoms with Crippen LogP contribution in [0.4, 0.5) is 10.1 Å². The van der Waals surface area contributed by atoms with Crippen molar-refractivity contribution >= 4 is 22.3 Å². The number of benzene rings is 1. The quantitative estimate of drug-likeness (QED) is 0.310. The summed E-state index contributed by atoms with van der Waals surface area (Å²) >= 11 is 0. The third-order valence-electron chi connectivity index (χ3n) is 5.53. The van der Waals surface area contributed by atoms with Gasteiger partial charge in [0, 0.05) is 51.9 Å². The molecule has 7 heteroatoms. The number of nitrogens with zero attached hydrogens (tertiary/aromatic N) is 3. The van der Waals surface area contributed by atoms with Crippen LogP contribution in [0.1, 0.15) is 16.8 Å². The van der Waals surface area contributed by atoms with Gasteiger partial charge in [0.05, 0.1) is 17.1 Å². The summed E-state index contributed by atoms with van der Waals surface area (Å²) < 4.78 is 14.6. The Morgan fingerprint density at radius 2 is 1.88 bits per heavy atom. The monoisotopic (exact) mass is 436 g/mol. The number of allylic oxidation sites excluding steroid dienone is 2. The van der Waals surface area contributed by atoms with Crippen LogP contribution in [0.5, 0.6) is 0 Å². The van der Waals surface area contributed by atoms with Crippen LogP contribution in [0.3, 0.4) is 0 Å². The van der Waals surface area contributed by atoms with E-state index in [2.05, 4.69) is 31.7 Å². The molecule has 0 aliphatic carbocycles. The van der Waals surface area contributed by atoms with Crippen molar-refractivity contribution in [3.05, 3.63) is 102 Å². The highest BCUT2D eigenvalue weighted by atomic mass is 19.1. The van der Waals surface area contributed by atoms with E-state index in [0.717, 1.165) is 44.7 Å². The largest absolute Gasteiger partial charge is 0.397 e. The first-order chi connectivity index (χ1) is 16.0. The van der Waals surface area contributed by atoms with Crippen molar-refractivity contribution in [2.45, 2.75) is 6.92 Å². The molecule has 0 amide bonds. The van der Waals surface area contributed by atoms with Crippen molar-refractivity contribution in [3.8, 4) is 22.5 Å². The molecule has 0 saturated carbocycles. The number of H-pyrrole nitrogens is 2. The normalized spacial score (nSPS) is 11.8. The Labute approximate surface area is 189 Å². The van der Waals surface area contributed by atoms with Crippen LogP contribution in [0.25, 0.3) is 39.1 Å². The van der Waals surface area contributed by atoms with Crippen molar-refractivity contribution in [2.24, 2.45) is 0 Å². The first-order valence-corrected chi connectivity index (χ1v) is 10.4. The van der Waals surface area contributed by atoms with Crippen molar-refractivity contribution < 1.29 is 4.39 Å². The van der Waals surface area contributed by atoms with Crippen LogP contribution in [-0.2, 0) is 0 Å². The molecule has 0 spiro atoms. The molecule has 5 aromatic rings. The second kappa shape index (κ2) is 8.20. The lowest BCUT2D eigenvalue weighted by atomic mass is 9.97. The molecule has 1 aromatic carbocycles. The molecule has 4 heterocycles. The second-order valence-corrected chi connectivity index (χ2v) is 7.72. The summed E-state index contributed by atoms with van der Waals surface area (Å²) in [6, 6.07) is 12.6. The van der Waals surface area contributed by atoms with Crippen LogP contribution in [0, 0.1) is 12.7 Å². The molecule has 0 aliphatic rings. The Morgan fingerprint density at radius 3 is 2.67 bits per heavy atom. The number of hydrogen-bond acceptors (Lipinski definition) is 4. The summed E-state index contributed by atoms with van der Waals surface area (Å²) in [7, 11) is 0. The van der Waals surface area contributed by atoms with Gasteiger partial charge in [-0.2, -0.15) is 5.10 Å². The van der Waals surface area contributed by atoms with Crippen LogP contribution >= 0.6 is 0 Å². The molecule has 162 valence electrons. The number of rotatable bonds is 5. The average Bonchev–Trinajstić information content (AvgIpc) is 3.41. The number of aromatic amines is 2. The smallest absolute Gasteiger partial charge is 0.181 e. The van der Waals surface area contributed by atoms with Gasteiger partial charge in [-0.25, -0.2) is 9.37 Å². The number of pyridine rings is 2. The molecule has 0 saturated heterocycles. The summed E-state index contributed by atoms with van der Waals surface area (Å²) in [4.78, 5) is 12.1. The molecule has 0 fully saturated rings. The number of aromatic nitrogens is 5. The summed E-state index contributed by atoms with van der Waals surface area (Å²) in [6.45, 7) is 5.76. The highest BCUT2D eigenvalue weighted by molar-refractivity contribution is 5.94. The number of anilines is 1. The van der Waals surface area contributed by atoms with E-state index in [1.54, 1.807) is 36.8 Å². The maximum atomic E-state index is 14.6. The minimum atomic E-state index is -0.288. The minimum absolute atomic E-state index is 0.288. The Morgan fingerprint density at radius 1 is 1.06 bits per heavy atom. The molecule has 0 bridgehead atoms.